The van der Waals surface area contributed by atoms with Crippen molar-refractivity contribution in [2.75, 3.05) is 6.54 Å². The largest absolute Gasteiger partial charge is 0.444 e. The Labute approximate surface area is 232 Å². The predicted octanol–water partition coefficient (Wildman–Crippen LogP) is 3.06. The first-order valence-corrected chi connectivity index (χ1v) is 14.4. The number of nitrogens with two attached hydrogens (primary N) is 1. The average molecular weight is 549 g/mol. The van der Waals surface area contributed by atoms with E-state index in [0.29, 0.717) is 25.3 Å². The zero-order valence-electron chi connectivity index (χ0n) is 24.7. The molecule has 4 N–H and O–H groups in total. The highest BCUT2D eigenvalue weighted by Gasteiger charge is 2.62. The van der Waals surface area contributed by atoms with E-state index < -0.39 is 52.8 Å². The van der Waals surface area contributed by atoms with Crippen molar-refractivity contribution in [2.24, 2.45) is 28.4 Å². The molecule has 10 heteroatoms. The fraction of sp³-hybridized carbons (Fsp3) is 0.828. The normalized spacial score (nSPS) is 26.4. The van der Waals surface area contributed by atoms with E-state index >= 15 is 0 Å². The molecule has 2 unspecified atom stereocenters. The number of alkyl carbamates (subject to hydrolysis) is 1. The second kappa shape index (κ2) is 11.5. The SMILES string of the molecule is CCC[C@@H]1CC12C[C@@H](C(=O)NC(CC1CCC1)C(=O)C(N)=O)N(C(=O)[C@@H](NC(=O)OC(C)(C)C)C(C)(C)C)C2. The average Bonchev–Trinajstić information content (AvgIpc) is 3.27. The van der Waals surface area contributed by atoms with Crippen molar-refractivity contribution in [3.8, 4) is 0 Å². The van der Waals surface area contributed by atoms with Crippen LogP contribution >= 0.6 is 0 Å². The minimum absolute atomic E-state index is 0.154. The van der Waals surface area contributed by atoms with Gasteiger partial charge in [-0.25, -0.2) is 4.79 Å². The van der Waals surface area contributed by atoms with E-state index in [-0.39, 0.29) is 17.2 Å². The van der Waals surface area contributed by atoms with Crippen molar-refractivity contribution in [3.63, 3.8) is 0 Å². The van der Waals surface area contributed by atoms with E-state index in [4.69, 9.17) is 10.5 Å². The zero-order valence-corrected chi connectivity index (χ0v) is 24.7. The number of ether oxygens (including phenoxy) is 1. The van der Waals surface area contributed by atoms with Crippen LogP contribution in [0.1, 0.15) is 99.8 Å². The Morgan fingerprint density at radius 2 is 1.67 bits per heavy atom. The maximum atomic E-state index is 14.1. The number of likely N-dealkylation sites (tertiary alicyclic amines) is 1. The highest BCUT2D eigenvalue weighted by molar-refractivity contribution is 6.37. The van der Waals surface area contributed by atoms with Crippen LogP contribution in [0, 0.1) is 22.7 Å². The molecule has 10 nitrogen and oxygen atoms in total. The summed E-state index contributed by atoms with van der Waals surface area (Å²) in [5, 5.41) is 5.54. The summed E-state index contributed by atoms with van der Waals surface area (Å²) in [6, 6.07) is -2.74. The van der Waals surface area contributed by atoms with Gasteiger partial charge in [0.05, 0.1) is 6.04 Å². The third-order valence-electron chi connectivity index (χ3n) is 8.49. The smallest absolute Gasteiger partial charge is 0.408 e. The van der Waals surface area contributed by atoms with Gasteiger partial charge in [-0.05, 0) is 62.7 Å². The number of rotatable bonds is 10. The van der Waals surface area contributed by atoms with E-state index in [9.17, 15) is 24.0 Å². The molecule has 3 rings (SSSR count). The first kappa shape index (κ1) is 30.9. The van der Waals surface area contributed by atoms with Crippen LogP contribution in [0.5, 0.6) is 0 Å². The molecule has 0 aromatic rings. The number of Topliss-reactive ketones (excluding diaryl/α,β-unsaturated/α-hetero) is 1. The number of nitrogens with zero attached hydrogens (tertiary/aromatic N) is 1. The summed E-state index contributed by atoms with van der Waals surface area (Å²) in [5.74, 6) is -2.02. The number of hydrogen-bond donors (Lipinski definition) is 3. The Kier molecular flexibility index (Phi) is 9.07. The third-order valence-corrected chi connectivity index (χ3v) is 8.49. The maximum absolute atomic E-state index is 14.1. The number of amides is 4. The molecule has 2 saturated carbocycles. The van der Waals surface area contributed by atoms with E-state index in [1.807, 2.05) is 20.8 Å². The molecule has 3 fully saturated rings. The molecular weight excluding hydrogens is 500 g/mol. The Bertz CT molecular complexity index is 979. The molecule has 0 aromatic heterocycles. The zero-order chi connectivity index (χ0) is 29.3. The molecule has 0 aromatic carbocycles. The van der Waals surface area contributed by atoms with E-state index in [0.717, 1.165) is 38.5 Å². The van der Waals surface area contributed by atoms with E-state index in [1.54, 1.807) is 25.7 Å². The van der Waals surface area contributed by atoms with Crippen molar-refractivity contribution in [2.45, 2.75) is 124 Å². The van der Waals surface area contributed by atoms with Crippen LogP contribution in [0.4, 0.5) is 4.79 Å². The topological polar surface area (TPSA) is 148 Å². The Morgan fingerprint density at radius 1 is 1.03 bits per heavy atom. The highest BCUT2D eigenvalue weighted by atomic mass is 16.6. The lowest BCUT2D eigenvalue weighted by Crippen LogP contribution is -2.59. The molecule has 5 atom stereocenters. The van der Waals surface area contributed by atoms with Crippen molar-refractivity contribution in [1.82, 2.24) is 15.5 Å². The standard InChI is InChI=1S/C29H48N4O6/c1-8-10-18-14-29(18)15-20(24(36)31-19(21(34)23(30)35)13-17-11-9-12-17)33(16-29)25(37)22(27(2,3)4)32-26(38)39-28(5,6)7/h17-20,22H,8-16H2,1-7H3,(H2,30,35)(H,31,36)(H,32,38)/t18-,19?,20+,22-,29?/m1/s1. The number of primary amides is 1. The van der Waals surface area contributed by atoms with Crippen molar-refractivity contribution < 1.29 is 28.7 Å². The monoisotopic (exact) mass is 548 g/mol. The van der Waals surface area contributed by atoms with Crippen LogP contribution in [0.3, 0.4) is 0 Å². The van der Waals surface area contributed by atoms with Crippen molar-refractivity contribution in [3.05, 3.63) is 0 Å². The summed E-state index contributed by atoms with van der Waals surface area (Å²) >= 11 is 0. The second-order valence-corrected chi connectivity index (χ2v) is 14.0. The van der Waals surface area contributed by atoms with Crippen molar-refractivity contribution in [1.29, 1.82) is 0 Å². The number of hydrogen-bond acceptors (Lipinski definition) is 6. The number of carbonyl (C=O) groups is 5. The molecule has 4 amide bonds. The molecular formula is C29H48N4O6. The lowest BCUT2D eigenvalue weighted by atomic mass is 9.80. The van der Waals surface area contributed by atoms with Crippen LogP contribution in [-0.2, 0) is 23.9 Å². The van der Waals surface area contributed by atoms with Gasteiger partial charge in [-0.2, -0.15) is 0 Å². The van der Waals surface area contributed by atoms with Crippen LogP contribution in [0.2, 0.25) is 0 Å². The molecule has 0 bridgehead atoms. The van der Waals surface area contributed by atoms with Crippen LogP contribution in [0.25, 0.3) is 0 Å². The van der Waals surface area contributed by atoms with Gasteiger partial charge in [0.2, 0.25) is 17.6 Å². The summed E-state index contributed by atoms with van der Waals surface area (Å²) in [4.78, 5) is 66.4. The summed E-state index contributed by atoms with van der Waals surface area (Å²) in [5.41, 5.74) is 3.75. The van der Waals surface area contributed by atoms with Gasteiger partial charge in [0, 0.05) is 6.54 Å². The molecule has 39 heavy (non-hydrogen) atoms. The third kappa shape index (κ3) is 7.51. The summed E-state index contributed by atoms with van der Waals surface area (Å²) in [6.45, 7) is 13.3. The Balaban J connectivity index is 1.85. The van der Waals surface area contributed by atoms with Gasteiger partial charge in [0.25, 0.3) is 5.91 Å². The van der Waals surface area contributed by atoms with Gasteiger partial charge in [-0.3, -0.25) is 19.2 Å². The van der Waals surface area contributed by atoms with E-state index in [2.05, 4.69) is 17.6 Å². The summed E-state index contributed by atoms with van der Waals surface area (Å²) < 4.78 is 5.43. The van der Waals surface area contributed by atoms with Crippen LogP contribution < -0.4 is 16.4 Å². The number of nitrogens with one attached hydrogen (secondary N) is 2. The minimum atomic E-state index is -1.07. The summed E-state index contributed by atoms with van der Waals surface area (Å²) in [6.07, 6.45) is 6.05. The quantitative estimate of drug-likeness (QED) is 0.357. The maximum Gasteiger partial charge on any atom is 0.408 e. The predicted molar refractivity (Wildman–Crippen MR) is 146 cm³/mol. The lowest BCUT2D eigenvalue weighted by molar-refractivity contribution is -0.143. The molecule has 1 heterocycles. The van der Waals surface area contributed by atoms with Gasteiger partial charge >= 0.3 is 6.09 Å². The Hall–Kier alpha value is -2.65. The first-order valence-electron chi connectivity index (χ1n) is 14.4. The molecule has 1 saturated heterocycles. The molecule has 220 valence electrons. The van der Waals surface area contributed by atoms with Crippen LogP contribution in [0.15, 0.2) is 0 Å². The van der Waals surface area contributed by atoms with Crippen molar-refractivity contribution >= 4 is 29.6 Å². The van der Waals surface area contributed by atoms with Gasteiger partial charge in [0.1, 0.15) is 17.7 Å². The lowest BCUT2D eigenvalue weighted by Gasteiger charge is -2.36. The summed E-state index contributed by atoms with van der Waals surface area (Å²) in [7, 11) is 0. The van der Waals surface area contributed by atoms with Gasteiger partial charge in [0.15, 0.2) is 0 Å². The van der Waals surface area contributed by atoms with Gasteiger partial charge in [-0.1, -0.05) is 59.8 Å². The molecule has 1 spiro atoms. The molecule has 2 aliphatic carbocycles. The fourth-order valence-corrected chi connectivity index (χ4v) is 6.08. The highest BCUT2D eigenvalue weighted by Crippen LogP contribution is 2.62. The molecule has 3 aliphatic rings. The molecule has 0 radical (unpaired) electrons. The van der Waals surface area contributed by atoms with Gasteiger partial charge in [-0.15, -0.1) is 0 Å². The number of ketones is 1. The van der Waals surface area contributed by atoms with Crippen LogP contribution in [-0.4, -0.2) is 64.8 Å². The Morgan fingerprint density at radius 3 is 2.15 bits per heavy atom. The first-order chi connectivity index (χ1) is 18.0. The fourth-order valence-electron chi connectivity index (χ4n) is 6.08. The minimum Gasteiger partial charge on any atom is -0.444 e. The number of carbonyl (C=O) groups excluding carboxylic acids is 5. The second-order valence-electron chi connectivity index (χ2n) is 14.0. The molecule has 1 aliphatic heterocycles. The van der Waals surface area contributed by atoms with Gasteiger partial charge < -0.3 is 26.0 Å². The van der Waals surface area contributed by atoms with E-state index in [1.165, 1.54) is 0 Å².